The smallest absolute Gasteiger partial charge is 0.231 e. The predicted molar refractivity (Wildman–Crippen MR) is 137 cm³/mol. The third-order valence-electron chi connectivity index (χ3n) is 5.19. The molecule has 0 radical (unpaired) electrons. The van der Waals surface area contributed by atoms with Gasteiger partial charge in [-0.15, -0.1) is 10.2 Å². The fourth-order valence-electron chi connectivity index (χ4n) is 3.39. The number of amides is 1. The molecule has 0 aliphatic heterocycles. The highest BCUT2D eigenvalue weighted by Crippen LogP contribution is 2.24. The molecule has 0 bridgehead atoms. The van der Waals surface area contributed by atoms with Crippen molar-refractivity contribution in [3.05, 3.63) is 96.3 Å². The molecule has 0 aliphatic carbocycles. The zero-order valence-electron chi connectivity index (χ0n) is 19.4. The SMILES string of the molecule is CCc1ccc(OCc2nnc(SCC(=O)CC(=O)Nc3ccccc3)n2-c2ccccc2)cc1. The fourth-order valence-corrected chi connectivity index (χ4v) is 4.23. The molecule has 1 heterocycles. The predicted octanol–water partition coefficient (Wildman–Crippen LogP) is 5.10. The zero-order chi connectivity index (χ0) is 24.5. The number of aryl methyl sites for hydroxylation is 1. The van der Waals surface area contributed by atoms with Gasteiger partial charge in [-0.1, -0.05) is 67.2 Å². The molecule has 4 rings (SSSR count). The van der Waals surface area contributed by atoms with E-state index in [2.05, 4.69) is 22.4 Å². The summed E-state index contributed by atoms with van der Waals surface area (Å²) >= 11 is 1.25. The van der Waals surface area contributed by atoms with E-state index in [9.17, 15) is 9.59 Å². The highest BCUT2D eigenvalue weighted by Gasteiger charge is 2.17. The number of carbonyl (C=O) groups excluding carboxylic acids is 2. The highest BCUT2D eigenvalue weighted by molar-refractivity contribution is 7.99. The van der Waals surface area contributed by atoms with Gasteiger partial charge in [0.15, 0.2) is 16.8 Å². The quantitative estimate of drug-likeness (QED) is 0.235. The summed E-state index contributed by atoms with van der Waals surface area (Å²) in [6.45, 7) is 2.33. The van der Waals surface area contributed by atoms with Gasteiger partial charge in [-0.2, -0.15) is 0 Å². The average Bonchev–Trinajstić information content (AvgIpc) is 3.30. The molecule has 8 heteroatoms. The summed E-state index contributed by atoms with van der Waals surface area (Å²) in [5.74, 6) is 0.938. The van der Waals surface area contributed by atoms with E-state index in [0.29, 0.717) is 16.7 Å². The van der Waals surface area contributed by atoms with Crippen LogP contribution in [0, 0.1) is 0 Å². The zero-order valence-corrected chi connectivity index (χ0v) is 20.2. The Morgan fingerprint density at radius 1 is 0.914 bits per heavy atom. The van der Waals surface area contributed by atoms with Crippen molar-refractivity contribution >= 4 is 29.1 Å². The van der Waals surface area contributed by atoms with Gasteiger partial charge in [0, 0.05) is 11.4 Å². The van der Waals surface area contributed by atoms with Crippen molar-refractivity contribution < 1.29 is 14.3 Å². The topological polar surface area (TPSA) is 86.1 Å². The van der Waals surface area contributed by atoms with Crippen molar-refractivity contribution in [2.75, 3.05) is 11.1 Å². The van der Waals surface area contributed by atoms with Gasteiger partial charge in [-0.25, -0.2) is 0 Å². The van der Waals surface area contributed by atoms with Gasteiger partial charge in [0.05, 0.1) is 12.2 Å². The van der Waals surface area contributed by atoms with Crippen molar-refractivity contribution in [2.45, 2.75) is 31.5 Å². The lowest BCUT2D eigenvalue weighted by Gasteiger charge is -2.11. The number of ether oxygens (including phenoxy) is 1. The molecule has 0 saturated carbocycles. The van der Waals surface area contributed by atoms with Crippen molar-refractivity contribution in [2.24, 2.45) is 0 Å². The molecular formula is C27H26N4O3S. The normalized spacial score (nSPS) is 10.7. The van der Waals surface area contributed by atoms with E-state index < -0.39 is 0 Å². The second-order valence-electron chi connectivity index (χ2n) is 7.77. The summed E-state index contributed by atoms with van der Waals surface area (Å²) in [4.78, 5) is 24.7. The molecule has 1 amide bonds. The molecule has 0 unspecified atom stereocenters. The lowest BCUT2D eigenvalue weighted by molar-refractivity contribution is -0.123. The third kappa shape index (κ3) is 6.80. The Kier molecular flexibility index (Phi) is 8.30. The van der Waals surface area contributed by atoms with Crippen molar-refractivity contribution in [1.29, 1.82) is 0 Å². The van der Waals surface area contributed by atoms with E-state index in [1.165, 1.54) is 17.3 Å². The molecule has 35 heavy (non-hydrogen) atoms. The number of ketones is 1. The number of nitrogens with one attached hydrogen (secondary N) is 1. The van der Waals surface area contributed by atoms with Gasteiger partial charge >= 0.3 is 0 Å². The van der Waals surface area contributed by atoms with E-state index >= 15 is 0 Å². The summed E-state index contributed by atoms with van der Waals surface area (Å²) in [6.07, 6.45) is 0.765. The van der Waals surface area contributed by atoms with Crippen LogP contribution in [0.1, 0.15) is 24.7 Å². The Morgan fingerprint density at radius 3 is 2.29 bits per heavy atom. The Bertz CT molecular complexity index is 1260. The van der Waals surface area contributed by atoms with Gasteiger partial charge in [0.1, 0.15) is 12.4 Å². The average molecular weight is 487 g/mol. The molecular weight excluding hydrogens is 460 g/mol. The number of nitrogens with zero attached hydrogens (tertiary/aromatic N) is 3. The molecule has 0 fully saturated rings. The van der Waals surface area contributed by atoms with Crippen LogP contribution in [-0.2, 0) is 22.6 Å². The summed E-state index contributed by atoms with van der Waals surface area (Å²) in [6, 6.07) is 26.7. The van der Waals surface area contributed by atoms with Crippen LogP contribution in [0.15, 0.2) is 90.1 Å². The molecule has 4 aromatic rings. The van der Waals surface area contributed by atoms with Crippen molar-refractivity contribution in [3.8, 4) is 11.4 Å². The van der Waals surface area contributed by atoms with E-state index in [1.54, 1.807) is 12.1 Å². The minimum absolute atomic E-state index is 0.104. The molecule has 178 valence electrons. The third-order valence-corrected chi connectivity index (χ3v) is 6.18. The summed E-state index contributed by atoms with van der Waals surface area (Å²) in [5.41, 5.74) is 2.77. The maximum atomic E-state index is 12.5. The van der Waals surface area contributed by atoms with E-state index in [-0.39, 0.29) is 30.5 Å². The van der Waals surface area contributed by atoms with Gasteiger partial charge in [0.2, 0.25) is 5.91 Å². The standard InChI is InChI=1S/C27H26N4O3S/c1-2-20-13-15-24(16-14-20)34-18-25-29-30-27(31(25)22-11-7-4-8-12-22)35-19-23(32)17-26(33)28-21-9-5-3-6-10-21/h3-16H,2,17-19H2,1H3,(H,28,33). The van der Waals surface area contributed by atoms with Crippen LogP contribution >= 0.6 is 11.8 Å². The van der Waals surface area contributed by atoms with Crippen LogP contribution < -0.4 is 10.1 Å². The summed E-state index contributed by atoms with van der Waals surface area (Å²) in [5, 5.41) is 11.9. The first kappa shape index (κ1) is 24.2. The number of benzene rings is 3. The van der Waals surface area contributed by atoms with Crippen molar-refractivity contribution in [3.63, 3.8) is 0 Å². The largest absolute Gasteiger partial charge is 0.486 e. The summed E-state index contributed by atoms with van der Waals surface area (Å²) < 4.78 is 7.83. The van der Waals surface area contributed by atoms with Crippen LogP contribution in [-0.4, -0.2) is 32.2 Å². The Balaban J connectivity index is 1.41. The number of hydrogen-bond donors (Lipinski definition) is 1. The Morgan fingerprint density at radius 2 is 1.60 bits per heavy atom. The monoisotopic (exact) mass is 486 g/mol. The maximum absolute atomic E-state index is 12.5. The number of hydrogen-bond acceptors (Lipinski definition) is 6. The molecule has 0 saturated heterocycles. The van der Waals surface area contributed by atoms with E-state index in [4.69, 9.17) is 4.74 Å². The first-order valence-electron chi connectivity index (χ1n) is 11.3. The van der Waals surface area contributed by atoms with Crippen molar-refractivity contribution in [1.82, 2.24) is 14.8 Å². The van der Waals surface area contributed by atoms with Crippen LogP contribution in [0.25, 0.3) is 5.69 Å². The molecule has 1 aromatic heterocycles. The van der Waals surface area contributed by atoms with E-state index in [0.717, 1.165) is 17.9 Å². The number of para-hydroxylation sites is 2. The minimum Gasteiger partial charge on any atom is -0.486 e. The van der Waals surface area contributed by atoms with Crippen LogP contribution in [0.2, 0.25) is 0 Å². The van der Waals surface area contributed by atoms with Gasteiger partial charge in [-0.05, 0) is 48.4 Å². The second-order valence-corrected chi connectivity index (χ2v) is 8.72. The Labute approximate surface area is 208 Å². The van der Waals surface area contributed by atoms with Crippen LogP contribution in [0.3, 0.4) is 0 Å². The Hall–Kier alpha value is -3.91. The number of thioether (sulfide) groups is 1. The van der Waals surface area contributed by atoms with Gasteiger partial charge in [0.25, 0.3) is 0 Å². The minimum atomic E-state index is -0.338. The van der Waals surface area contributed by atoms with Gasteiger partial charge < -0.3 is 10.1 Å². The van der Waals surface area contributed by atoms with Crippen LogP contribution in [0.5, 0.6) is 5.75 Å². The highest BCUT2D eigenvalue weighted by atomic mass is 32.2. The molecule has 0 spiro atoms. The lowest BCUT2D eigenvalue weighted by atomic mass is 10.2. The number of aromatic nitrogens is 3. The first-order valence-corrected chi connectivity index (χ1v) is 12.3. The number of anilines is 1. The number of Topliss-reactive ketones (excluding diaryl/α,β-unsaturated/α-hetero) is 1. The first-order chi connectivity index (χ1) is 17.1. The maximum Gasteiger partial charge on any atom is 0.231 e. The summed E-state index contributed by atoms with van der Waals surface area (Å²) in [7, 11) is 0. The second kappa shape index (κ2) is 12.0. The van der Waals surface area contributed by atoms with E-state index in [1.807, 2.05) is 77.4 Å². The molecule has 1 N–H and O–H groups in total. The molecule has 0 aliphatic rings. The van der Waals surface area contributed by atoms with Crippen LogP contribution in [0.4, 0.5) is 5.69 Å². The number of rotatable bonds is 11. The lowest BCUT2D eigenvalue weighted by Crippen LogP contribution is -2.17. The fraction of sp³-hybridized carbons (Fsp3) is 0.185. The van der Waals surface area contributed by atoms with Gasteiger partial charge in [-0.3, -0.25) is 14.2 Å². The molecule has 3 aromatic carbocycles. The number of carbonyl (C=O) groups is 2. The molecule has 0 atom stereocenters. The molecule has 7 nitrogen and oxygen atoms in total.